The van der Waals surface area contributed by atoms with Gasteiger partial charge in [-0.05, 0) is 32.9 Å². The predicted molar refractivity (Wildman–Crippen MR) is 71.4 cm³/mol. The number of anilines is 1. The van der Waals surface area contributed by atoms with E-state index >= 15 is 0 Å². The van der Waals surface area contributed by atoms with Crippen LogP contribution >= 0.6 is 0 Å². The van der Waals surface area contributed by atoms with E-state index in [-0.39, 0.29) is 12.2 Å². The van der Waals surface area contributed by atoms with Gasteiger partial charge in [0.2, 0.25) is 0 Å². The van der Waals surface area contributed by atoms with E-state index in [2.05, 4.69) is 24.4 Å². The van der Waals surface area contributed by atoms with Crippen LogP contribution in [0.25, 0.3) is 0 Å². The quantitative estimate of drug-likeness (QED) is 0.705. The Kier molecular flexibility index (Phi) is 6.67. The maximum absolute atomic E-state index is 5.63. The Morgan fingerprint density at radius 1 is 1.00 bits per heavy atom. The third kappa shape index (κ3) is 6.97. The highest BCUT2D eigenvalue weighted by Crippen LogP contribution is 2.05. The minimum atomic E-state index is 0.186. The average molecular weight is 237 g/mol. The first kappa shape index (κ1) is 14.0. The number of benzene rings is 1. The molecule has 0 aromatic heterocycles. The number of para-hydroxylation sites is 1. The van der Waals surface area contributed by atoms with E-state index in [1.807, 2.05) is 32.0 Å². The fraction of sp³-hybridized carbons (Fsp3) is 0.571. The summed E-state index contributed by atoms with van der Waals surface area (Å²) >= 11 is 0. The van der Waals surface area contributed by atoms with Crippen LogP contribution in [0.3, 0.4) is 0 Å². The summed E-state index contributed by atoms with van der Waals surface area (Å²) in [5.41, 5.74) is 1.13. The van der Waals surface area contributed by atoms with Crippen molar-refractivity contribution in [2.45, 2.75) is 33.0 Å². The molecule has 1 N–H and O–H groups in total. The summed E-state index contributed by atoms with van der Waals surface area (Å²) in [4.78, 5) is 0. The molecule has 3 nitrogen and oxygen atoms in total. The van der Waals surface area contributed by atoms with Gasteiger partial charge in [-0.15, -0.1) is 0 Å². The molecule has 1 aromatic carbocycles. The van der Waals surface area contributed by atoms with E-state index in [0.29, 0.717) is 13.2 Å². The molecule has 1 rings (SSSR count). The average Bonchev–Trinajstić information content (AvgIpc) is 2.33. The van der Waals surface area contributed by atoms with Gasteiger partial charge >= 0.3 is 0 Å². The Morgan fingerprint density at radius 3 is 2.29 bits per heavy atom. The van der Waals surface area contributed by atoms with Crippen molar-refractivity contribution in [3.63, 3.8) is 0 Å². The Hall–Kier alpha value is -1.06. The van der Waals surface area contributed by atoms with E-state index in [0.717, 1.165) is 12.2 Å². The third-order valence-corrected chi connectivity index (χ3v) is 2.30. The monoisotopic (exact) mass is 237 g/mol. The molecule has 0 radical (unpaired) electrons. The molecule has 3 heteroatoms. The zero-order valence-electron chi connectivity index (χ0n) is 11.0. The lowest BCUT2D eigenvalue weighted by molar-refractivity contribution is -0.00264. The molecular weight excluding hydrogens is 214 g/mol. The molecule has 0 saturated heterocycles. The molecule has 0 amide bonds. The second-order valence-electron chi connectivity index (χ2n) is 4.35. The lowest BCUT2D eigenvalue weighted by Gasteiger charge is -2.15. The van der Waals surface area contributed by atoms with Crippen LogP contribution in [0.5, 0.6) is 0 Å². The SMILES string of the molecule is CC(C)OCCOC(C)CNc1ccccc1. The maximum atomic E-state index is 5.63. The van der Waals surface area contributed by atoms with Crippen molar-refractivity contribution in [2.75, 3.05) is 25.1 Å². The third-order valence-electron chi connectivity index (χ3n) is 2.30. The van der Waals surface area contributed by atoms with Gasteiger partial charge in [-0.1, -0.05) is 18.2 Å². The van der Waals surface area contributed by atoms with E-state index in [1.165, 1.54) is 0 Å². The zero-order chi connectivity index (χ0) is 12.5. The molecule has 0 saturated carbocycles. The summed E-state index contributed by atoms with van der Waals surface area (Å²) in [7, 11) is 0. The van der Waals surface area contributed by atoms with Gasteiger partial charge in [-0.25, -0.2) is 0 Å². The summed E-state index contributed by atoms with van der Waals surface area (Å²) in [6.45, 7) is 8.24. The Morgan fingerprint density at radius 2 is 1.65 bits per heavy atom. The van der Waals surface area contributed by atoms with Crippen molar-refractivity contribution in [3.05, 3.63) is 30.3 Å². The van der Waals surface area contributed by atoms with E-state index in [1.54, 1.807) is 0 Å². The van der Waals surface area contributed by atoms with Gasteiger partial charge in [-0.2, -0.15) is 0 Å². The van der Waals surface area contributed by atoms with Crippen molar-refractivity contribution >= 4 is 5.69 Å². The van der Waals surface area contributed by atoms with Gasteiger partial charge in [-0.3, -0.25) is 0 Å². The summed E-state index contributed by atoms with van der Waals surface area (Å²) < 4.78 is 11.0. The highest BCUT2D eigenvalue weighted by molar-refractivity contribution is 5.42. The largest absolute Gasteiger partial charge is 0.382 e. The zero-order valence-corrected chi connectivity index (χ0v) is 11.0. The van der Waals surface area contributed by atoms with Crippen LogP contribution in [0.1, 0.15) is 20.8 Å². The van der Waals surface area contributed by atoms with Crippen molar-refractivity contribution in [1.82, 2.24) is 0 Å². The molecular formula is C14H23NO2. The molecule has 0 aliphatic carbocycles. The molecule has 1 unspecified atom stereocenters. The minimum absolute atomic E-state index is 0.186. The number of ether oxygens (including phenoxy) is 2. The van der Waals surface area contributed by atoms with Gasteiger partial charge < -0.3 is 14.8 Å². The molecule has 0 bridgehead atoms. The van der Waals surface area contributed by atoms with Crippen molar-refractivity contribution in [2.24, 2.45) is 0 Å². The van der Waals surface area contributed by atoms with Crippen LogP contribution in [-0.4, -0.2) is 32.0 Å². The van der Waals surface area contributed by atoms with Crippen LogP contribution in [0.4, 0.5) is 5.69 Å². The fourth-order valence-corrected chi connectivity index (χ4v) is 1.41. The molecule has 1 aromatic rings. The van der Waals surface area contributed by atoms with Gasteiger partial charge in [0, 0.05) is 12.2 Å². The first-order valence-corrected chi connectivity index (χ1v) is 6.20. The van der Waals surface area contributed by atoms with Crippen LogP contribution < -0.4 is 5.32 Å². The van der Waals surface area contributed by atoms with Gasteiger partial charge in [0.05, 0.1) is 25.4 Å². The fourth-order valence-electron chi connectivity index (χ4n) is 1.41. The van der Waals surface area contributed by atoms with E-state index in [9.17, 15) is 0 Å². The van der Waals surface area contributed by atoms with Crippen LogP contribution in [-0.2, 0) is 9.47 Å². The predicted octanol–water partition coefficient (Wildman–Crippen LogP) is 2.93. The van der Waals surface area contributed by atoms with Crippen LogP contribution in [0.15, 0.2) is 30.3 Å². The summed E-state index contributed by atoms with van der Waals surface area (Å²) in [5.74, 6) is 0. The minimum Gasteiger partial charge on any atom is -0.382 e. The molecule has 0 fully saturated rings. The van der Waals surface area contributed by atoms with Gasteiger partial charge in [0.15, 0.2) is 0 Å². The smallest absolute Gasteiger partial charge is 0.0720 e. The van der Waals surface area contributed by atoms with Crippen LogP contribution in [0.2, 0.25) is 0 Å². The number of nitrogens with one attached hydrogen (secondary N) is 1. The number of rotatable bonds is 8. The lowest BCUT2D eigenvalue weighted by atomic mass is 10.3. The molecule has 17 heavy (non-hydrogen) atoms. The van der Waals surface area contributed by atoms with E-state index in [4.69, 9.17) is 9.47 Å². The highest BCUT2D eigenvalue weighted by atomic mass is 16.5. The summed E-state index contributed by atoms with van der Waals surface area (Å²) in [6, 6.07) is 10.1. The summed E-state index contributed by atoms with van der Waals surface area (Å²) in [6.07, 6.45) is 0.460. The number of hydrogen-bond donors (Lipinski definition) is 1. The molecule has 0 heterocycles. The van der Waals surface area contributed by atoms with Crippen molar-refractivity contribution < 1.29 is 9.47 Å². The lowest BCUT2D eigenvalue weighted by Crippen LogP contribution is -2.22. The first-order chi connectivity index (χ1) is 8.18. The number of hydrogen-bond acceptors (Lipinski definition) is 3. The van der Waals surface area contributed by atoms with Crippen molar-refractivity contribution in [1.29, 1.82) is 0 Å². The van der Waals surface area contributed by atoms with E-state index < -0.39 is 0 Å². The molecule has 0 aliphatic rings. The Labute approximate surface area is 104 Å². The molecule has 0 aliphatic heterocycles. The van der Waals surface area contributed by atoms with Crippen molar-refractivity contribution in [3.8, 4) is 0 Å². The van der Waals surface area contributed by atoms with Crippen LogP contribution in [0, 0.1) is 0 Å². The topological polar surface area (TPSA) is 30.5 Å². The first-order valence-electron chi connectivity index (χ1n) is 6.20. The second-order valence-corrected chi connectivity index (χ2v) is 4.35. The molecule has 96 valence electrons. The Bertz CT molecular complexity index is 288. The normalized spacial score (nSPS) is 12.7. The Balaban J connectivity index is 2.07. The summed E-state index contributed by atoms with van der Waals surface area (Å²) in [5, 5.41) is 3.33. The highest BCUT2D eigenvalue weighted by Gasteiger charge is 2.02. The standard InChI is InChI=1S/C14H23NO2/c1-12(2)16-9-10-17-13(3)11-15-14-7-5-4-6-8-14/h4-8,12-13,15H,9-11H2,1-3H3. The van der Waals surface area contributed by atoms with Gasteiger partial charge in [0.25, 0.3) is 0 Å². The van der Waals surface area contributed by atoms with Gasteiger partial charge in [0.1, 0.15) is 0 Å². The molecule has 0 spiro atoms. The maximum Gasteiger partial charge on any atom is 0.0720 e. The second kappa shape index (κ2) is 8.09. The molecule has 1 atom stereocenters.